The Bertz CT molecular complexity index is 453. The van der Waals surface area contributed by atoms with Gasteiger partial charge in [0.25, 0.3) is 0 Å². The van der Waals surface area contributed by atoms with E-state index in [0.717, 1.165) is 6.54 Å². The normalized spacial score (nSPS) is 17.6. The van der Waals surface area contributed by atoms with Gasteiger partial charge in [-0.25, -0.2) is 0 Å². The predicted octanol–water partition coefficient (Wildman–Crippen LogP) is 4.36. The summed E-state index contributed by atoms with van der Waals surface area (Å²) >= 11 is 0. The van der Waals surface area contributed by atoms with Gasteiger partial charge in [0, 0.05) is 18.6 Å². The van der Waals surface area contributed by atoms with Crippen molar-refractivity contribution in [3.05, 3.63) is 23.8 Å². The Morgan fingerprint density at radius 3 is 2.48 bits per heavy atom. The molecule has 0 aliphatic heterocycles. The highest BCUT2D eigenvalue weighted by molar-refractivity contribution is 5.42. The lowest BCUT2D eigenvalue weighted by molar-refractivity contribution is 0.127. The van der Waals surface area contributed by atoms with E-state index in [1.54, 1.807) is 13.2 Å². The van der Waals surface area contributed by atoms with Crippen molar-refractivity contribution in [1.29, 1.82) is 0 Å². The van der Waals surface area contributed by atoms with Gasteiger partial charge in [-0.15, -0.1) is 0 Å². The fourth-order valence-electron chi connectivity index (χ4n) is 3.43. The maximum atomic E-state index is 9.77. The molecule has 0 spiro atoms. The third-order valence-corrected chi connectivity index (χ3v) is 4.55. The third kappa shape index (κ3) is 3.91. The van der Waals surface area contributed by atoms with E-state index in [2.05, 4.69) is 25.7 Å². The van der Waals surface area contributed by atoms with Crippen LogP contribution < -0.4 is 4.74 Å². The minimum Gasteiger partial charge on any atom is -0.504 e. The zero-order valence-electron chi connectivity index (χ0n) is 13.8. The number of hydrogen-bond donors (Lipinski definition) is 1. The Morgan fingerprint density at radius 2 is 1.90 bits per heavy atom. The highest BCUT2D eigenvalue weighted by atomic mass is 16.5. The van der Waals surface area contributed by atoms with Gasteiger partial charge >= 0.3 is 0 Å². The zero-order valence-corrected chi connectivity index (χ0v) is 13.8. The van der Waals surface area contributed by atoms with Gasteiger partial charge in [0.2, 0.25) is 0 Å². The van der Waals surface area contributed by atoms with E-state index in [9.17, 15) is 5.11 Å². The molecule has 21 heavy (non-hydrogen) atoms. The summed E-state index contributed by atoms with van der Waals surface area (Å²) in [6.45, 7) is 7.96. The van der Waals surface area contributed by atoms with Crippen molar-refractivity contribution in [3.63, 3.8) is 0 Å². The average molecular weight is 291 g/mol. The molecule has 2 rings (SSSR count). The molecule has 1 aliphatic carbocycles. The summed E-state index contributed by atoms with van der Waals surface area (Å²) in [7, 11) is 1.60. The van der Waals surface area contributed by atoms with Crippen molar-refractivity contribution < 1.29 is 9.84 Å². The van der Waals surface area contributed by atoms with Gasteiger partial charge in [0.05, 0.1) is 7.11 Å². The van der Waals surface area contributed by atoms with Gasteiger partial charge in [-0.1, -0.05) is 32.8 Å². The summed E-state index contributed by atoms with van der Waals surface area (Å²) in [5.41, 5.74) is 1.22. The minimum absolute atomic E-state index is 0.213. The summed E-state index contributed by atoms with van der Waals surface area (Å²) in [5.74, 6) is 1.44. The lowest BCUT2D eigenvalue weighted by Crippen LogP contribution is -2.38. The molecule has 118 valence electrons. The predicted molar refractivity (Wildman–Crippen MR) is 86.9 cm³/mol. The number of benzene rings is 1. The van der Waals surface area contributed by atoms with E-state index in [4.69, 9.17) is 4.74 Å². The monoisotopic (exact) mass is 291 g/mol. The smallest absolute Gasteiger partial charge is 0.160 e. The molecule has 0 radical (unpaired) electrons. The average Bonchev–Trinajstić information content (AvgIpc) is 2.98. The van der Waals surface area contributed by atoms with Crippen LogP contribution in [0.3, 0.4) is 0 Å². The van der Waals surface area contributed by atoms with Crippen LogP contribution >= 0.6 is 0 Å². The molecule has 0 amide bonds. The molecule has 1 aliphatic rings. The van der Waals surface area contributed by atoms with Crippen molar-refractivity contribution in [3.8, 4) is 11.5 Å². The standard InChI is InChI=1S/C18H29NO2/c1-13(2)12-19(16-7-5-6-8-16)14(3)15-9-10-17(20)18(11-15)21-4/h9-11,13-14,16,20H,5-8,12H2,1-4H3. The molecule has 0 bridgehead atoms. The number of hydrogen-bond acceptors (Lipinski definition) is 3. The molecule has 3 heteroatoms. The van der Waals surface area contributed by atoms with Crippen molar-refractivity contribution >= 4 is 0 Å². The summed E-state index contributed by atoms with van der Waals surface area (Å²) in [6, 6.07) is 6.78. The number of phenols is 1. The molecule has 1 aromatic carbocycles. The first-order valence-corrected chi connectivity index (χ1v) is 8.15. The lowest BCUT2D eigenvalue weighted by Gasteiger charge is -2.36. The Labute approximate surface area is 128 Å². The summed E-state index contributed by atoms with van der Waals surface area (Å²) in [4.78, 5) is 2.64. The molecule has 1 fully saturated rings. The highest BCUT2D eigenvalue weighted by Crippen LogP contribution is 2.35. The van der Waals surface area contributed by atoms with Crippen LogP contribution in [0.5, 0.6) is 11.5 Å². The van der Waals surface area contributed by atoms with Crippen LogP contribution in [-0.2, 0) is 0 Å². The Morgan fingerprint density at radius 1 is 1.24 bits per heavy atom. The lowest BCUT2D eigenvalue weighted by atomic mass is 10.0. The van der Waals surface area contributed by atoms with E-state index < -0.39 is 0 Å². The fraction of sp³-hybridized carbons (Fsp3) is 0.667. The van der Waals surface area contributed by atoms with Crippen LogP contribution in [0.25, 0.3) is 0 Å². The number of ether oxygens (including phenoxy) is 1. The second-order valence-corrected chi connectivity index (χ2v) is 6.64. The Hall–Kier alpha value is -1.22. The van der Waals surface area contributed by atoms with E-state index in [1.165, 1.54) is 31.2 Å². The van der Waals surface area contributed by atoms with Crippen molar-refractivity contribution in [2.24, 2.45) is 5.92 Å². The van der Waals surface area contributed by atoms with Gasteiger partial charge in [-0.2, -0.15) is 0 Å². The molecule has 1 unspecified atom stereocenters. The molecule has 1 saturated carbocycles. The molecule has 1 N–H and O–H groups in total. The maximum absolute atomic E-state index is 9.77. The summed E-state index contributed by atoms with van der Waals surface area (Å²) in [5, 5.41) is 9.77. The van der Waals surface area contributed by atoms with Crippen LogP contribution in [0.2, 0.25) is 0 Å². The molecule has 0 heterocycles. The Balaban J connectivity index is 2.21. The molecular weight excluding hydrogens is 262 g/mol. The minimum atomic E-state index is 0.213. The van der Waals surface area contributed by atoms with Gasteiger partial charge in [0.15, 0.2) is 11.5 Å². The van der Waals surface area contributed by atoms with Crippen LogP contribution in [0.1, 0.15) is 58.1 Å². The van der Waals surface area contributed by atoms with E-state index in [1.807, 2.05) is 12.1 Å². The molecular formula is C18H29NO2. The van der Waals surface area contributed by atoms with Crippen LogP contribution in [0, 0.1) is 5.92 Å². The first-order chi connectivity index (χ1) is 10.0. The van der Waals surface area contributed by atoms with Gasteiger partial charge in [-0.3, -0.25) is 4.90 Å². The number of nitrogens with zero attached hydrogens (tertiary/aromatic N) is 1. The van der Waals surface area contributed by atoms with Crippen LogP contribution in [-0.4, -0.2) is 29.7 Å². The second kappa shape index (κ2) is 7.17. The summed E-state index contributed by atoms with van der Waals surface area (Å²) in [6.07, 6.45) is 5.33. The quantitative estimate of drug-likeness (QED) is 0.845. The van der Waals surface area contributed by atoms with Gasteiger partial charge < -0.3 is 9.84 Å². The second-order valence-electron chi connectivity index (χ2n) is 6.64. The molecule has 3 nitrogen and oxygen atoms in total. The largest absolute Gasteiger partial charge is 0.504 e. The van der Waals surface area contributed by atoms with Crippen LogP contribution in [0.4, 0.5) is 0 Å². The number of phenolic OH excluding ortho intramolecular Hbond substituents is 1. The fourth-order valence-corrected chi connectivity index (χ4v) is 3.43. The van der Waals surface area contributed by atoms with Crippen molar-refractivity contribution in [2.45, 2.75) is 58.5 Å². The third-order valence-electron chi connectivity index (χ3n) is 4.55. The van der Waals surface area contributed by atoms with Gasteiger partial charge in [0.1, 0.15) is 0 Å². The van der Waals surface area contributed by atoms with E-state index in [-0.39, 0.29) is 5.75 Å². The Kier molecular flexibility index (Phi) is 5.51. The first-order valence-electron chi connectivity index (χ1n) is 8.15. The number of methoxy groups -OCH3 is 1. The van der Waals surface area contributed by atoms with E-state index in [0.29, 0.717) is 23.8 Å². The summed E-state index contributed by atoms with van der Waals surface area (Å²) < 4.78 is 5.25. The highest BCUT2D eigenvalue weighted by Gasteiger charge is 2.28. The molecule has 0 saturated heterocycles. The van der Waals surface area contributed by atoms with Crippen LogP contribution in [0.15, 0.2) is 18.2 Å². The zero-order chi connectivity index (χ0) is 15.4. The molecule has 1 atom stereocenters. The van der Waals surface area contributed by atoms with Crippen molar-refractivity contribution in [1.82, 2.24) is 4.90 Å². The van der Waals surface area contributed by atoms with E-state index >= 15 is 0 Å². The molecule has 1 aromatic rings. The number of rotatable bonds is 6. The maximum Gasteiger partial charge on any atom is 0.160 e. The SMILES string of the molecule is COc1cc(C(C)N(CC(C)C)C2CCCC2)ccc1O. The van der Waals surface area contributed by atoms with Gasteiger partial charge in [-0.05, 0) is 43.4 Å². The topological polar surface area (TPSA) is 32.7 Å². The number of aromatic hydroxyl groups is 1. The molecule has 0 aromatic heterocycles. The van der Waals surface area contributed by atoms with Crippen molar-refractivity contribution in [2.75, 3.05) is 13.7 Å². The first kappa shape index (κ1) is 16.2.